The third kappa shape index (κ3) is 3.67. The first kappa shape index (κ1) is 15.6. The van der Waals surface area contributed by atoms with Gasteiger partial charge in [-0.1, -0.05) is 21.9 Å². The summed E-state index contributed by atoms with van der Waals surface area (Å²) in [5.41, 5.74) is 0.591. The van der Waals surface area contributed by atoms with Crippen LogP contribution in [0.5, 0.6) is 0 Å². The van der Waals surface area contributed by atoms with E-state index in [4.69, 9.17) is 0 Å². The first-order valence-corrected chi connectivity index (χ1v) is 8.66. The van der Waals surface area contributed by atoms with Crippen LogP contribution in [0.25, 0.3) is 0 Å². The lowest BCUT2D eigenvalue weighted by Crippen LogP contribution is -2.34. The standard InChI is InChI=1S/C6H6F6.C6H6N.Al/c1-3(5(7,8)9)4(2)6(10,11)12;1-6-4-2-3-5-7-6;/h3-4H,1-2H2;2-5H,1H2;. The molecule has 1 aromatic heterocycles. The molecule has 2 heterocycles. The SMILES string of the molecule is FC(F)(F)C1[CH2][Al]([CH2]c2ccccn2)[CH2]C1C(F)(F)F. The van der Waals surface area contributed by atoms with Gasteiger partial charge in [0.25, 0.3) is 14.1 Å². The second-order valence-electron chi connectivity index (χ2n) is 5.16. The fourth-order valence-electron chi connectivity index (χ4n) is 2.85. The van der Waals surface area contributed by atoms with Crippen LogP contribution in [0.15, 0.2) is 24.4 Å². The Hall–Kier alpha value is -0.738. The second-order valence-corrected chi connectivity index (χ2v) is 8.24. The molecule has 0 bridgehead atoms. The van der Waals surface area contributed by atoms with Crippen molar-refractivity contribution in [2.45, 2.75) is 28.2 Å². The third-order valence-corrected chi connectivity index (χ3v) is 7.07. The van der Waals surface area contributed by atoms with Gasteiger partial charge in [0.2, 0.25) is 0 Å². The van der Waals surface area contributed by atoms with E-state index >= 15 is 0 Å². The lowest BCUT2D eigenvalue weighted by Gasteiger charge is -2.25. The molecular weight excluding hydrogens is 299 g/mol. The maximum atomic E-state index is 12.8. The van der Waals surface area contributed by atoms with Gasteiger partial charge in [-0.3, -0.25) is 4.98 Å². The Bertz CT molecular complexity index is 422. The van der Waals surface area contributed by atoms with Gasteiger partial charge in [0.1, 0.15) is 0 Å². The highest BCUT2D eigenvalue weighted by atomic mass is 27.2. The minimum Gasteiger partial charge on any atom is -0.263 e. The molecule has 1 aliphatic rings. The summed E-state index contributed by atoms with van der Waals surface area (Å²) >= 11 is -2.13. The van der Waals surface area contributed by atoms with Crippen LogP contribution in [0.4, 0.5) is 26.3 Å². The van der Waals surface area contributed by atoms with Crippen molar-refractivity contribution < 1.29 is 26.3 Å². The minimum atomic E-state index is -4.77. The normalized spacial score (nSPS) is 24.2. The zero-order valence-electron chi connectivity index (χ0n) is 10.4. The monoisotopic (exact) mass is 311 g/mol. The molecule has 2 unspecified atom stereocenters. The summed E-state index contributed by atoms with van der Waals surface area (Å²) in [6, 6.07) is 5.00. The third-order valence-electron chi connectivity index (χ3n) is 3.73. The molecular formula is C12H12AlF6N. The molecule has 110 valence electrons. The zero-order chi connectivity index (χ0) is 15.0. The Kier molecular flexibility index (Phi) is 4.36. The number of halogens is 6. The summed E-state index contributed by atoms with van der Waals surface area (Å²) < 4.78 is 76.6. The molecule has 0 spiro atoms. The van der Waals surface area contributed by atoms with Gasteiger partial charge >= 0.3 is 12.4 Å². The minimum absolute atomic E-state index is 0.292. The van der Waals surface area contributed by atoms with Gasteiger partial charge in [0.05, 0.1) is 11.8 Å². The number of pyridine rings is 1. The molecule has 1 aliphatic heterocycles. The lowest BCUT2D eigenvalue weighted by molar-refractivity contribution is -0.240. The predicted molar refractivity (Wildman–Crippen MR) is 62.4 cm³/mol. The molecule has 0 saturated carbocycles. The number of alkyl halides is 6. The summed E-state index contributed by atoms with van der Waals surface area (Å²) in [4.78, 5) is 3.99. The maximum Gasteiger partial charge on any atom is 0.391 e. The fraction of sp³-hybridized carbons (Fsp3) is 0.583. The Balaban J connectivity index is 2.12. The highest BCUT2D eigenvalue weighted by Gasteiger charge is 2.60. The molecule has 8 heteroatoms. The zero-order valence-corrected chi connectivity index (χ0v) is 11.5. The van der Waals surface area contributed by atoms with Crippen LogP contribution in [-0.4, -0.2) is 31.5 Å². The highest BCUT2D eigenvalue weighted by molar-refractivity contribution is 6.59. The van der Waals surface area contributed by atoms with Crippen LogP contribution in [0, 0.1) is 11.8 Å². The Morgan fingerprint density at radius 2 is 1.55 bits per heavy atom. The van der Waals surface area contributed by atoms with Gasteiger partial charge in [0.15, 0.2) is 0 Å². The van der Waals surface area contributed by atoms with Gasteiger partial charge in [0, 0.05) is 11.9 Å². The molecule has 1 saturated heterocycles. The molecule has 1 nitrogen and oxygen atoms in total. The molecule has 1 aromatic rings. The number of nitrogens with zero attached hydrogens (tertiary/aromatic N) is 1. The van der Waals surface area contributed by atoms with Crippen LogP contribution in [0.3, 0.4) is 0 Å². The van der Waals surface area contributed by atoms with Gasteiger partial charge < -0.3 is 0 Å². The number of rotatable bonds is 2. The van der Waals surface area contributed by atoms with Gasteiger partial charge in [-0.05, 0) is 12.1 Å². The van der Waals surface area contributed by atoms with E-state index in [2.05, 4.69) is 4.98 Å². The molecule has 20 heavy (non-hydrogen) atoms. The first-order chi connectivity index (χ1) is 9.18. The van der Waals surface area contributed by atoms with Crippen molar-refractivity contribution in [1.29, 1.82) is 0 Å². The average molecular weight is 311 g/mol. The number of hydrogen-bond acceptors (Lipinski definition) is 1. The number of hydrogen-bond donors (Lipinski definition) is 0. The molecule has 1 fully saturated rings. The van der Waals surface area contributed by atoms with Crippen molar-refractivity contribution in [3.05, 3.63) is 30.1 Å². The Labute approximate surface area is 116 Å². The van der Waals surface area contributed by atoms with Crippen LogP contribution in [0.2, 0.25) is 10.6 Å². The maximum absolute atomic E-state index is 12.8. The van der Waals surface area contributed by atoms with Gasteiger partial charge in [-0.2, -0.15) is 26.3 Å². The van der Waals surface area contributed by atoms with E-state index in [1.807, 2.05) is 0 Å². The molecule has 0 N–H and O–H groups in total. The van der Waals surface area contributed by atoms with Gasteiger partial charge in [-0.25, -0.2) is 0 Å². The Morgan fingerprint density at radius 1 is 1.00 bits per heavy atom. The van der Waals surface area contributed by atoms with E-state index in [0.717, 1.165) is 0 Å². The Morgan fingerprint density at radius 3 is 1.95 bits per heavy atom. The average Bonchev–Trinajstić information content (AvgIpc) is 2.74. The van der Waals surface area contributed by atoms with Gasteiger partial charge in [-0.15, -0.1) is 0 Å². The predicted octanol–water partition coefficient (Wildman–Crippen LogP) is 4.03. The lowest BCUT2D eigenvalue weighted by atomic mass is 9.95. The smallest absolute Gasteiger partial charge is 0.263 e. The van der Waals surface area contributed by atoms with Crippen LogP contribution >= 0.6 is 0 Å². The topological polar surface area (TPSA) is 12.9 Å². The van der Waals surface area contributed by atoms with Crippen molar-refractivity contribution in [1.82, 2.24) is 4.98 Å². The largest absolute Gasteiger partial charge is 0.391 e. The quantitative estimate of drug-likeness (QED) is 0.593. The van der Waals surface area contributed by atoms with Crippen molar-refractivity contribution in [3.63, 3.8) is 0 Å². The summed E-state index contributed by atoms with van der Waals surface area (Å²) in [6.45, 7) is 0. The van der Waals surface area contributed by atoms with Crippen molar-refractivity contribution in [2.24, 2.45) is 11.8 Å². The summed E-state index contributed by atoms with van der Waals surface area (Å²) in [6.07, 6.45) is -8.04. The molecule has 2 rings (SSSR count). The van der Waals surface area contributed by atoms with Crippen molar-refractivity contribution in [3.8, 4) is 0 Å². The van der Waals surface area contributed by atoms with Crippen LogP contribution < -0.4 is 0 Å². The summed E-state index contributed by atoms with van der Waals surface area (Å²) in [5.74, 6) is -4.47. The summed E-state index contributed by atoms with van der Waals surface area (Å²) in [7, 11) is 0. The van der Waals surface area contributed by atoms with E-state index in [0.29, 0.717) is 11.0 Å². The molecule has 0 aliphatic carbocycles. The number of aromatic nitrogens is 1. The first-order valence-electron chi connectivity index (χ1n) is 6.21. The van der Waals surface area contributed by atoms with E-state index in [1.165, 1.54) is 6.20 Å². The molecule has 0 radical (unpaired) electrons. The summed E-state index contributed by atoms with van der Waals surface area (Å²) in [5, 5.41) is -0.394. The van der Waals surface area contributed by atoms with Crippen molar-refractivity contribution in [2.75, 3.05) is 0 Å². The van der Waals surface area contributed by atoms with E-state index in [-0.39, 0.29) is 10.6 Å². The molecule has 2 atom stereocenters. The van der Waals surface area contributed by atoms with E-state index < -0.39 is 38.3 Å². The van der Waals surface area contributed by atoms with Crippen LogP contribution in [0.1, 0.15) is 5.69 Å². The van der Waals surface area contributed by atoms with E-state index in [1.54, 1.807) is 18.2 Å². The van der Waals surface area contributed by atoms with Crippen LogP contribution in [-0.2, 0) is 5.28 Å². The van der Waals surface area contributed by atoms with Crippen molar-refractivity contribution >= 4 is 14.1 Å². The molecule has 0 aromatic carbocycles. The molecule has 0 amide bonds. The van der Waals surface area contributed by atoms with E-state index in [9.17, 15) is 26.3 Å². The second kappa shape index (κ2) is 5.57. The fourth-order valence-corrected chi connectivity index (χ4v) is 6.83. The highest BCUT2D eigenvalue weighted by Crippen LogP contribution is 2.50.